The summed E-state index contributed by atoms with van der Waals surface area (Å²) in [5, 5.41) is 6.74. The van der Waals surface area contributed by atoms with Gasteiger partial charge in [0.2, 0.25) is 0 Å². The molecule has 0 unspecified atom stereocenters. The van der Waals surface area contributed by atoms with Crippen LogP contribution in [0.25, 0.3) is 0 Å². The van der Waals surface area contributed by atoms with Gasteiger partial charge in [-0.05, 0) is 42.8 Å². The van der Waals surface area contributed by atoms with E-state index in [-0.39, 0.29) is 5.91 Å². The summed E-state index contributed by atoms with van der Waals surface area (Å²) in [6.45, 7) is 1.98. The lowest BCUT2D eigenvalue weighted by atomic mass is 10.1. The number of fused-ring (bicyclic) bond motifs is 2. The number of hydrogen-bond acceptors (Lipinski definition) is 2. The number of nitrogens with one attached hydrogen (secondary N) is 2. The lowest BCUT2D eigenvalue weighted by Crippen LogP contribution is -2.10. The zero-order valence-corrected chi connectivity index (χ0v) is 12.4. The second-order valence-electron chi connectivity index (χ2n) is 4.42. The smallest absolute Gasteiger partial charge is 0.257 e. The van der Waals surface area contributed by atoms with Crippen molar-refractivity contribution in [3.05, 3.63) is 51.0 Å². The van der Waals surface area contributed by atoms with Gasteiger partial charge in [0.1, 0.15) is 0 Å². The lowest BCUT2D eigenvalue weighted by molar-refractivity contribution is 0.102. The van der Waals surface area contributed by atoms with Crippen LogP contribution in [0.1, 0.15) is 15.9 Å². The van der Waals surface area contributed by atoms with Gasteiger partial charge < -0.3 is 10.6 Å². The first-order chi connectivity index (χ1) is 9.04. The molecule has 0 saturated heterocycles. The maximum absolute atomic E-state index is 12.2. The van der Waals surface area contributed by atoms with Crippen LogP contribution in [0.4, 0.5) is 17.1 Å². The van der Waals surface area contributed by atoms with Gasteiger partial charge in [-0.2, -0.15) is 0 Å². The summed E-state index contributed by atoms with van der Waals surface area (Å²) in [5.74, 6) is -0.139. The van der Waals surface area contributed by atoms with E-state index in [1.807, 2.05) is 19.1 Å². The summed E-state index contributed by atoms with van der Waals surface area (Å²) in [4.78, 5) is 12.2. The molecule has 1 amide bonds. The molecule has 1 heterocycles. The second kappa shape index (κ2) is 4.54. The van der Waals surface area contributed by atoms with Crippen molar-refractivity contribution in [2.24, 2.45) is 0 Å². The largest absolute Gasteiger partial charge is 0.353 e. The Kier molecular flexibility index (Phi) is 2.99. The highest BCUT2D eigenvalue weighted by atomic mass is 79.9. The van der Waals surface area contributed by atoms with Gasteiger partial charge in [0.25, 0.3) is 5.91 Å². The number of carbonyl (C=O) groups is 1. The summed E-state index contributed by atoms with van der Waals surface area (Å²) in [6.07, 6.45) is 0. The van der Waals surface area contributed by atoms with Gasteiger partial charge in [0, 0.05) is 9.50 Å². The molecule has 2 N–H and O–H groups in total. The first kappa shape index (κ1) is 12.5. The van der Waals surface area contributed by atoms with Crippen LogP contribution in [0.3, 0.4) is 0 Å². The number of hydrogen-bond donors (Lipinski definition) is 2. The van der Waals surface area contributed by atoms with Crippen LogP contribution in [-0.2, 0) is 0 Å². The fraction of sp³-hybridized carbons (Fsp3) is 0.0714. The highest BCUT2D eigenvalue weighted by Crippen LogP contribution is 2.36. The third kappa shape index (κ3) is 2.22. The molecule has 0 bridgehead atoms. The Labute approximate surface area is 124 Å². The molecule has 1 aliphatic rings. The van der Waals surface area contributed by atoms with Gasteiger partial charge in [-0.25, -0.2) is 0 Å². The SMILES string of the molecule is Cc1cc2c(cc1Br)Nc1cc(Cl)ccc1C(=O)N2. The molecule has 0 aromatic heterocycles. The van der Waals surface area contributed by atoms with E-state index in [1.165, 1.54) is 0 Å². The molecule has 3 rings (SSSR count). The maximum Gasteiger partial charge on any atom is 0.257 e. The van der Waals surface area contributed by atoms with E-state index in [0.29, 0.717) is 16.3 Å². The summed E-state index contributed by atoms with van der Waals surface area (Å²) >= 11 is 9.47. The first-order valence-corrected chi connectivity index (χ1v) is 6.90. The molecule has 0 fully saturated rings. The van der Waals surface area contributed by atoms with Gasteiger partial charge in [0.05, 0.1) is 22.6 Å². The third-order valence-electron chi connectivity index (χ3n) is 3.04. The van der Waals surface area contributed by atoms with Crippen molar-refractivity contribution in [2.45, 2.75) is 6.92 Å². The molecule has 2 aromatic carbocycles. The minimum atomic E-state index is -0.139. The van der Waals surface area contributed by atoms with Crippen LogP contribution in [0, 0.1) is 6.92 Å². The van der Waals surface area contributed by atoms with E-state index < -0.39 is 0 Å². The van der Waals surface area contributed by atoms with Gasteiger partial charge in [0.15, 0.2) is 0 Å². The number of carbonyl (C=O) groups excluding carboxylic acids is 1. The quantitative estimate of drug-likeness (QED) is 0.730. The highest BCUT2D eigenvalue weighted by molar-refractivity contribution is 9.10. The Hall–Kier alpha value is -1.52. The zero-order chi connectivity index (χ0) is 13.6. The minimum absolute atomic E-state index is 0.139. The second-order valence-corrected chi connectivity index (χ2v) is 5.71. The van der Waals surface area contributed by atoms with Crippen molar-refractivity contribution in [3.8, 4) is 0 Å². The molecule has 3 nitrogen and oxygen atoms in total. The summed E-state index contributed by atoms with van der Waals surface area (Å²) < 4.78 is 0.985. The number of rotatable bonds is 0. The van der Waals surface area contributed by atoms with Crippen molar-refractivity contribution in [3.63, 3.8) is 0 Å². The topological polar surface area (TPSA) is 41.1 Å². The van der Waals surface area contributed by atoms with Crippen LogP contribution >= 0.6 is 27.5 Å². The van der Waals surface area contributed by atoms with E-state index in [1.54, 1.807) is 18.2 Å². The molecule has 0 spiro atoms. The summed E-state index contributed by atoms with van der Waals surface area (Å²) in [7, 11) is 0. The predicted octanol–water partition coefficient (Wildman–Crippen LogP) is 4.72. The van der Waals surface area contributed by atoms with Crippen LogP contribution in [0.5, 0.6) is 0 Å². The van der Waals surface area contributed by atoms with Crippen molar-refractivity contribution < 1.29 is 4.79 Å². The number of amides is 1. The maximum atomic E-state index is 12.2. The molecule has 0 aliphatic carbocycles. The lowest BCUT2D eigenvalue weighted by Gasteiger charge is -2.11. The normalized spacial score (nSPS) is 12.9. The molecule has 0 radical (unpaired) electrons. The minimum Gasteiger partial charge on any atom is -0.353 e. The van der Waals surface area contributed by atoms with E-state index >= 15 is 0 Å². The van der Waals surface area contributed by atoms with E-state index in [4.69, 9.17) is 11.6 Å². The highest BCUT2D eigenvalue weighted by Gasteiger charge is 2.19. The third-order valence-corrected chi connectivity index (χ3v) is 4.13. The molecule has 96 valence electrons. The van der Waals surface area contributed by atoms with Crippen LogP contribution < -0.4 is 10.6 Å². The average Bonchev–Trinajstić information content (AvgIpc) is 2.46. The number of aryl methyl sites for hydroxylation is 1. The fourth-order valence-electron chi connectivity index (χ4n) is 2.04. The summed E-state index contributed by atoms with van der Waals surface area (Å²) in [6, 6.07) is 9.05. The van der Waals surface area contributed by atoms with Crippen molar-refractivity contribution in [1.82, 2.24) is 0 Å². The average molecular weight is 338 g/mol. The zero-order valence-electron chi connectivity index (χ0n) is 10.1. The van der Waals surface area contributed by atoms with Gasteiger partial charge in [-0.15, -0.1) is 0 Å². The van der Waals surface area contributed by atoms with Crippen LogP contribution in [-0.4, -0.2) is 5.91 Å². The van der Waals surface area contributed by atoms with Crippen LogP contribution in [0.2, 0.25) is 5.02 Å². The molecule has 0 atom stereocenters. The Bertz CT molecular complexity index is 700. The Morgan fingerprint density at radius 3 is 2.58 bits per heavy atom. The number of anilines is 3. The molecular weight excluding hydrogens is 328 g/mol. The Morgan fingerprint density at radius 2 is 1.79 bits per heavy atom. The molecule has 5 heteroatoms. The van der Waals surface area contributed by atoms with E-state index in [2.05, 4.69) is 26.6 Å². The molecular formula is C14H10BrClN2O. The molecule has 0 saturated carbocycles. The van der Waals surface area contributed by atoms with Crippen LogP contribution in [0.15, 0.2) is 34.8 Å². The monoisotopic (exact) mass is 336 g/mol. The summed E-state index contributed by atoms with van der Waals surface area (Å²) in [5.41, 5.74) is 3.95. The Balaban J connectivity index is 2.18. The van der Waals surface area contributed by atoms with E-state index in [0.717, 1.165) is 21.4 Å². The standard InChI is InChI=1S/C14H10BrClN2O/c1-7-4-12-13(6-10(7)15)17-11-5-8(16)2-3-9(11)14(19)18-12/h2-6,17H,1H3,(H,18,19). The van der Waals surface area contributed by atoms with Gasteiger partial charge in [-0.3, -0.25) is 4.79 Å². The predicted molar refractivity (Wildman–Crippen MR) is 81.6 cm³/mol. The van der Waals surface area contributed by atoms with Gasteiger partial charge >= 0.3 is 0 Å². The molecule has 2 aromatic rings. The van der Waals surface area contributed by atoms with Crippen molar-refractivity contribution >= 4 is 50.5 Å². The molecule has 1 aliphatic heterocycles. The Morgan fingerprint density at radius 1 is 1.05 bits per heavy atom. The first-order valence-electron chi connectivity index (χ1n) is 5.72. The fourth-order valence-corrected chi connectivity index (χ4v) is 2.56. The van der Waals surface area contributed by atoms with Crippen molar-refractivity contribution in [2.75, 3.05) is 10.6 Å². The molecule has 19 heavy (non-hydrogen) atoms. The van der Waals surface area contributed by atoms with E-state index in [9.17, 15) is 4.79 Å². The number of halogens is 2. The van der Waals surface area contributed by atoms with Gasteiger partial charge in [-0.1, -0.05) is 27.5 Å². The number of benzene rings is 2. The van der Waals surface area contributed by atoms with Crippen molar-refractivity contribution in [1.29, 1.82) is 0 Å².